The van der Waals surface area contributed by atoms with E-state index in [2.05, 4.69) is 10.6 Å². The van der Waals surface area contributed by atoms with Crippen LogP contribution in [0.3, 0.4) is 0 Å². The first-order chi connectivity index (χ1) is 12.2. The van der Waals surface area contributed by atoms with E-state index in [1.807, 2.05) is 13.8 Å². The molecule has 144 valence electrons. The van der Waals surface area contributed by atoms with Gasteiger partial charge >= 0.3 is 12.2 Å². The number of carbonyl (C=O) groups is 1. The highest BCUT2D eigenvalue weighted by molar-refractivity contribution is 7.15. The van der Waals surface area contributed by atoms with Crippen LogP contribution in [0.1, 0.15) is 31.9 Å². The van der Waals surface area contributed by atoms with Crippen LogP contribution in [0, 0.1) is 6.92 Å². The summed E-state index contributed by atoms with van der Waals surface area (Å²) in [6.07, 6.45) is -4.47. The Morgan fingerprint density at radius 1 is 1.27 bits per heavy atom. The molecule has 0 spiro atoms. The highest BCUT2D eigenvalue weighted by atomic mass is 32.1. The van der Waals surface area contributed by atoms with E-state index < -0.39 is 17.8 Å². The zero-order chi connectivity index (χ0) is 19.9. The van der Waals surface area contributed by atoms with E-state index in [1.165, 1.54) is 23.5 Å². The minimum absolute atomic E-state index is 0.0362. The third kappa shape index (κ3) is 5.63. The van der Waals surface area contributed by atoms with Crippen LogP contribution in [-0.2, 0) is 6.18 Å². The molecule has 2 amide bonds. The van der Waals surface area contributed by atoms with E-state index in [1.54, 1.807) is 19.2 Å². The van der Waals surface area contributed by atoms with Crippen molar-refractivity contribution in [2.75, 3.05) is 22.2 Å². The Kier molecular flexibility index (Phi) is 7.91. The molecule has 26 heavy (non-hydrogen) atoms. The fourth-order valence-corrected chi connectivity index (χ4v) is 2.96. The quantitative estimate of drug-likeness (QED) is 0.565. The van der Waals surface area contributed by atoms with Gasteiger partial charge in [-0.3, -0.25) is 15.6 Å². The van der Waals surface area contributed by atoms with Crippen LogP contribution >= 0.6 is 11.3 Å². The Morgan fingerprint density at radius 2 is 1.92 bits per heavy atom. The second kappa shape index (κ2) is 9.44. The molecule has 9 heteroatoms. The van der Waals surface area contributed by atoms with Crippen molar-refractivity contribution < 1.29 is 23.2 Å². The van der Waals surface area contributed by atoms with Crippen molar-refractivity contribution in [2.24, 2.45) is 0 Å². The average Bonchev–Trinajstić information content (AvgIpc) is 2.96. The predicted octanol–water partition coefficient (Wildman–Crippen LogP) is 5.96. The zero-order valence-electron chi connectivity index (χ0n) is 14.9. The molecule has 1 aromatic heterocycles. The van der Waals surface area contributed by atoms with Crippen LogP contribution in [0.15, 0.2) is 29.6 Å². The van der Waals surface area contributed by atoms with Gasteiger partial charge in [0.25, 0.3) is 0 Å². The van der Waals surface area contributed by atoms with Crippen molar-refractivity contribution in [1.82, 2.24) is 0 Å². The molecule has 0 saturated heterocycles. The Balaban J connectivity index is 0.00000163. The number of amides is 2. The molecule has 2 aromatic rings. The number of hydrogen-bond acceptors (Lipinski definition) is 4. The molecule has 0 aliphatic carbocycles. The van der Waals surface area contributed by atoms with Crippen molar-refractivity contribution in [3.63, 3.8) is 0 Å². The number of urea groups is 1. The molecule has 0 fully saturated rings. The summed E-state index contributed by atoms with van der Waals surface area (Å²) < 4.78 is 38.0. The Labute approximate surface area is 154 Å². The number of nitrogens with one attached hydrogen (secondary N) is 2. The second-order valence-corrected chi connectivity index (χ2v) is 5.83. The first-order valence-electron chi connectivity index (χ1n) is 8.02. The molecular formula is C17H22F3N3O2S. The number of carbonyl (C=O) groups excluding carboxylic acids is 1. The fraction of sp³-hybridized carbons (Fsp3) is 0.353. The smallest absolute Gasteiger partial charge is 0.308 e. The van der Waals surface area contributed by atoms with E-state index >= 15 is 0 Å². The number of alkyl halides is 3. The SMILES string of the molecule is CC.CCN(O)c1csc(NC(=O)Nc2cccc(C(F)(F)F)c2)c1C. The molecule has 0 unspecified atom stereocenters. The molecular weight excluding hydrogens is 367 g/mol. The second-order valence-electron chi connectivity index (χ2n) is 4.95. The lowest BCUT2D eigenvalue weighted by Gasteiger charge is -2.14. The third-order valence-electron chi connectivity index (χ3n) is 3.27. The highest BCUT2D eigenvalue weighted by Crippen LogP contribution is 2.34. The highest BCUT2D eigenvalue weighted by Gasteiger charge is 2.30. The van der Waals surface area contributed by atoms with Gasteiger partial charge in [-0.25, -0.2) is 4.79 Å². The average molecular weight is 389 g/mol. The number of thiophene rings is 1. The number of benzene rings is 1. The van der Waals surface area contributed by atoms with Crippen LogP contribution in [0.5, 0.6) is 0 Å². The molecule has 0 saturated carbocycles. The molecule has 0 bridgehead atoms. The standard InChI is InChI=1S/C15H16F3N3O2S.C2H6/c1-3-21(23)12-8-24-13(9(12)2)20-14(22)19-11-6-4-5-10(7-11)15(16,17)18;1-2/h4-8,23H,3H2,1-2H3,(H2,19,20,22);1-2H3. The van der Waals surface area contributed by atoms with Gasteiger partial charge in [-0.15, -0.1) is 11.3 Å². The molecule has 1 aromatic carbocycles. The molecule has 5 nitrogen and oxygen atoms in total. The summed E-state index contributed by atoms with van der Waals surface area (Å²) >= 11 is 1.21. The summed E-state index contributed by atoms with van der Waals surface area (Å²) in [7, 11) is 0. The molecule has 2 rings (SSSR count). The summed E-state index contributed by atoms with van der Waals surface area (Å²) in [6.45, 7) is 7.88. The van der Waals surface area contributed by atoms with Crippen LogP contribution in [0.25, 0.3) is 0 Å². The van der Waals surface area contributed by atoms with Crippen molar-refractivity contribution in [1.29, 1.82) is 0 Å². The summed E-state index contributed by atoms with van der Waals surface area (Å²) in [5.41, 5.74) is 0.434. The lowest BCUT2D eigenvalue weighted by molar-refractivity contribution is -0.137. The molecule has 3 N–H and O–H groups in total. The van der Waals surface area contributed by atoms with Crippen LogP contribution in [-0.4, -0.2) is 17.8 Å². The van der Waals surface area contributed by atoms with Crippen molar-refractivity contribution in [2.45, 2.75) is 33.9 Å². The maximum absolute atomic E-state index is 12.7. The zero-order valence-corrected chi connectivity index (χ0v) is 15.8. The van der Waals surface area contributed by atoms with Gasteiger partial charge in [0.1, 0.15) is 5.00 Å². The predicted molar refractivity (Wildman–Crippen MR) is 99.3 cm³/mol. The number of anilines is 3. The van der Waals surface area contributed by atoms with E-state index in [9.17, 15) is 23.2 Å². The third-order valence-corrected chi connectivity index (χ3v) is 4.25. The minimum Gasteiger partial charge on any atom is -0.308 e. The number of nitrogens with zero attached hydrogens (tertiary/aromatic N) is 1. The summed E-state index contributed by atoms with van der Waals surface area (Å²) in [4.78, 5) is 12.0. The molecule has 0 aliphatic heterocycles. The normalized spacial score (nSPS) is 10.6. The lowest BCUT2D eigenvalue weighted by Crippen LogP contribution is -2.20. The minimum atomic E-state index is -4.47. The van der Waals surface area contributed by atoms with Gasteiger partial charge in [0.05, 0.1) is 11.3 Å². The van der Waals surface area contributed by atoms with Crippen LogP contribution in [0.2, 0.25) is 0 Å². The number of rotatable bonds is 4. The van der Waals surface area contributed by atoms with E-state index in [0.717, 1.165) is 17.2 Å². The largest absolute Gasteiger partial charge is 0.416 e. The Morgan fingerprint density at radius 3 is 2.50 bits per heavy atom. The summed E-state index contributed by atoms with van der Waals surface area (Å²) in [5, 5.41) is 17.9. The van der Waals surface area contributed by atoms with E-state index in [-0.39, 0.29) is 5.69 Å². The van der Waals surface area contributed by atoms with E-state index in [0.29, 0.717) is 22.8 Å². The molecule has 0 aliphatic rings. The number of hydrogen-bond donors (Lipinski definition) is 3. The fourth-order valence-electron chi connectivity index (χ4n) is 1.99. The number of halogens is 3. The van der Waals surface area contributed by atoms with Crippen LogP contribution < -0.4 is 15.7 Å². The van der Waals surface area contributed by atoms with Crippen molar-refractivity contribution >= 4 is 33.7 Å². The Hall–Kier alpha value is -2.26. The Bertz CT molecular complexity index is 732. The van der Waals surface area contributed by atoms with Gasteiger partial charge in [0, 0.05) is 23.2 Å². The summed E-state index contributed by atoms with van der Waals surface area (Å²) in [6, 6.07) is 3.72. The topological polar surface area (TPSA) is 64.6 Å². The van der Waals surface area contributed by atoms with E-state index in [4.69, 9.17) is 0 Å². The molecule has 0 radical (unpaired) electrons. The van der Waals surface area contributed by atoms with Crippen LogP contribution in [0.4, 0.5) is 34.3 Å². The first-order valence-corrected chi connectivity index (χ1v) is 8.90. The van der Waals surface area contributed by atoms with Gasteiger partial charge in [-0.1, -0.05) is 19.9 Å². The van der Waals surface area contributed by atoms with Crippen molar-refractivity contribution in [3.05, 3.63) is 40.8 Å². The van der Waals surface area contributed by atoms with Gasteiger partial charge < -0.3 is 5.32 Å². The molecule has 0 atom stereocenters. The van der Waals surface area contributed by atoms with Gasteiger partial charge in [0.15, 0.2) is 0 Å². The van der Waals surface area contributed by atoms with Gasteiger partial charge in [-0.2, -0.15) is 13.2 Å². The van der Waals surface area contributed by atoms with Gasteiger partial charge in [0.2, 0.25) is 0 Å². The molecule has 1 heterocycles. The monoisotopic (exact) mass is 389 g/mol. The van der Waals surface area contributed by atoms with Crippen molar-refractivity contribution in [3.8, 4) is 0 Å². The number of hydroxylamine groups is 1. The maximum atomic E-state index is 12.7. The first kappa shape index (κ1) is 21.8. The van der Waals surface area contributed by atoms with Gasteiger partial charge in [-0.05, 0) is 32.0 Å². The summed E-state index contributed by atoms with van der Waals surface area (Å²) in [5.74, 6) is 0. The maximum Gasteiger partial charge on any atom is 0.416 e. The lowest BCUT2D eigenvalue weighted by atomic mass is 10.2.